The maximum Gasteiger partial charge on any atom is 0.222 e. The summed E-state index contributed by atoms with van der Waals surface area (Å²) in [6.45, 7) is 0.636. The molecule has 0 aromatic carbocycles. The van der Waals surface area contributed by atoms with E-state index in [0.717, 1.165) is 12.3 Å². The molecule has 88 valence electrons. The van der Waals surface area contributed by atoms with Gasteiger partial charge in [-0.3, -0.25) is 4.79 Å². The summed E-state index contributed by atoms with van der Waals surface area (Å²) in [6, 6.07) is 0. The molecule has 0 bridgehead atoms. The van der Waals surface area contributed by atoms with Crippen molar-refractivity contribution in [2.24, 2.45) is 5.92 Å². The Hall–Kier alpha value is -0.610. The van der Waals surface area contributed by atoms with Gasteiger partial charge in [-0.25, -0.2) is 0 Å². The van der Waals surface area contributed by atoms with Crippen molar-refractivity contribution in [2.75, 3.05) is 27.3 Å². The van der Waals surface area contributed by atoms with Gasteiger partial charge in [0, 0.05) is 27.1 Å². The minimum Gasteiger partial charge on any atom is -0.389 e. The van der Waals surface area contributed by atoms with Gasteiger partial charge >= 0.3 is 0 Å². The number of hydrogen-bond donors (Lipinski definition) is 1. The lowest BCUT2D eigenvalue weighted by Gasteiger charge is -2.20. The third-order valence-corrected chi connectivity index (χ3v) is 2.73. The summed E-state index contributed by atoms with van der Waals surface area (Å²) in [7, 11) is 3.27. The number of ether oxygens (including phenoxy) is 1. The fraction of sp³-hybridized carbons (Fsp3) is 0.909. The average Bonchev–Trinajstić information content (AvgIpc) is 2.97. The Kier molecular flexibility index (Phi) is 5.05. The highest BCUT2D eigenvalue weighted by Crippen LogP contribution is 2.33. The van der Waals surface area contributed by atoms with Gasteiger partial charge in [-0.2, -0.15) is 0 Å². The minimum atomic E-state index is -0.579. The van der Waals surface area contributed by atoms with Gasteiger partial charge in [0.2, 0.25) is 5.91 Å². The van der Waals surface area contributed by atoms with Crippen molar-refractivity contribution in [3.63, 3.8) is 0 Å². The molecular formula is C11H21NO3. The molecule has 1 fully saturated rings. The molecule has 1 unspecified atom stereocenters. The van der Waals surface area contributed by atoms with Crippen LogP contribution in [0.4, 0.5) is 0 Å². The summed E-state index contributed by atoms with van der Waals surface area (Å²) in [6.07, 6.45) is 3.60. The highest BCUT2D eigenvalue weighted by Gasteiger charge is 2.23. The lowest BCUT2D eigenvalue weighted by molar-refractivity contribution is -0.131. The van der Waals surface area contributed by atoms with Crippen LogP contribution in [0.3, 0.4) is 0 Å². The molecule has 1 rings (SSSR count). The molecule has 0 aromatic heterocycles. The minimum absolute atomic E-state index is 0.122. The van der Waals surface area contributed by atoms with Gasteiger partial charge in [0.05, 0.1) is 12.7 Å². The molecule has 1 aliphatic carbocycles. The quantitative estimate of drug-likeness (QED) is 0.678. The molecule has 1 amide bonds. The number of carbonyl (C=O) groups excluding carboxylic acids is 1. The predicted molar refractivity (Wildman–Crippen MR) is 57.5 cm³/mol. The van der Waals surface area contributed by atoms with Crippen LogP contribution in [0.15, 0.2) is 0 Å². The lowest BCUT2D eigenvalue weighted by atomic mass is 10.2. The molecule has 1 atom stereocenters. The summed E-state index contributed by atoms with van der Waals surface area (Å²) in [5.74, 6) is 0.906. The third kappa shape index (κ3) is 5.14. The van der Waals surface area contributed by atoms with Crippen LogP contribution in [-0.2, 0) is 9.53 Å². The maximum atomic E-state index is 11.6. The van der Waals surface area contributed by atoms with Gasteiger partial charge in [0.1, 0.15) is 0 Å². The molecular weight excluding hydrogens is 194 g/mol. The first-order chi connectivity index (χ1) is 7.13. The van der Waals surface area contributed by atoms with Gasteiger partial charge < -0.3 is 14.7 Å². The number of carbonyl (C=O) groups is 1. The van der Waals surface area contributed by atoms with E-state index in [9.17, 15) is 9.90 Å². The third-order valence-electron chi connectivity index (χ3n) is 2.73. The number of aliphatic hydroxyl groups excluding tert-OH is 1. The van der Waals surface area contributed by atoms with Crippen LogP contribution < -0.4 is 0 Å². The molecule has 0 saturated heterocycles. The zero-order valence-electron chi connectivity index (χ0n) is 9.61. The Morgan fingerprint density at radius 2 is 2.27 bits per heavy atom. The summed E-state index contributed by atoms with van der Waals surface area (Å²) < 4.78 is 4.80. The molecule has 1 aliphatic rings. The van der Waals surface area contributed by atoms with Crippen molar-refractivity contribution >= 4 is 5.91 Å². The maximum absolute atomic E-state index is 11.6. The van der Waals surface area contributed by atoms with Crippen LogP contribution in [0.5, 0.6) is 0 Å². The van der Waals surface area contributed by atoms with E-state index in [-0.39, 0.29) is 12.5 Å². The van der Waals surface area contributed by atoms with Crippen molar-refractivity contribution in [2.45, 2.75) is 31.8 Å². The van der Waals surface area contributed by atoms with Crippen LogP contribution in [0.2, 0.25) is 0 Å². The molecule has 0 aliphatic heterocycles. The Morgan fingerprint density at radius 3 is 2.80 bits per heavy atom. The number of likely N-dealkylation sites (N-methyl/N-ethyl adjacent to an activating group) is 1. The number of aliphatic hydroxyl groups is 1. The topological polar surface area (TPSA) is 49.8 Å². The van der Waals surface area contributed by atoms with Crippen LogP contribution in [0.1, 0.15) is 25.7 Å². The first-order valence-corrected chi connectivity index (χ1v) is 5.54. The van der Waals surface area contributed by atoms with Crippen molar-refractivity contribution in [3.8, 4) is 0 Å². The summed E-state index contributed by atoms with van der Waals surface area (Å²) in [4.78, 5) is 13.2. The number of amides is 1. The molecule has 0 heterocycles. The van der Waals surface area contributed by atoms with Crippen molar-refractivity contribution in [3.05, 3.63) is 0 Å². The standard InChI is InChI=1S/C11H21NO3/c1-12(7-10(13)8-15-2)11(14)6-5-9-3-4-9/h9-10,13H,3-8H2,1-2H3. The molecule has 15 heavy (non-hydrogen) atoms. The Balaban J connectivity index is 2.12. The SMILES string of the molecule is COCC(O)CN(C)C(=O)CCC1CC1. The predicted octanol–water partition coefficient (Wildman–Crippen LogP) is 0.642. The van der Waals surface area contributed by atoms with E-state index in [4.69, 9.17) is 4.74 Å². The number of nitrogens with zero attached hydrogens (tertiary/aromatic N) is 1. The van der Waals surface area contributed by atoms with Crippen molar-refractivity contribution in [1.82, 2.24) is 4.90 Å². The van der Waals surface area contributed by atoms with E-state index in [1.807, 2.05) is 0 Å². The van der Waals surface area contributed by atoms with E-state index in [2.05, 4.69) is 0 Å². The second-order valence-corrected chi connectivity index (χ2v) is 4.37. The summed E-state index contributed by atoms with van der Waals surface area (Å²) in [5, 5.41) is 9.44. The van der Waals surface area contributed by atoms with Gasteiger partial charge in [-0.05, 0) is 12.3 Å². The fourth-order valence-corrected chi connectivity index (χ4v) is 1.59. The summed E-state index contributed by atoms with van der Waals surface area (Å²) in [5.41, 5.74) is 0. The molecule has 0 spiro atoms. The fourth-order valence-electron chi connectivity index (χ4n) is 1.59. The van der Waals surface area contributed by atoms with Crippen LogP contribution >= 0.6 is 0 Å². The first-order valence-electron chi connectivity index (χ1n) is 5.54. The molecule has 0 aromatic rings. The van der Waals surface area contributed by atoms with Gasteiger partial charge in [-0.1, -0.05) is 12.8 Å². The molecule has 1 saturated carbocycles. The van der Waals surface area contributed by atoms with E-state index >= 15 is 0 Å². The van der Waals surface area contributed by atoms with Gasteiger partial charge in [-0.15, -0.1) is 0 Å². The number of methoxy groups -OCH3 is 1. The van der Waals surface area contributed by atoms with E-state index in [0.29, 0.717) is 13.0 Å². The van der Waals surface area contributed by atoms with E-state index in [1.54, 1.807) is 11.9 Å². The highest BCUT2D eigenvalue weighted by molar-refractivity contribution is 5.75. The molecule has 0 radical (unpaired) electrons. The zero-order chi connectivity index (χ0) is 11.3. The highest BCUT2D eigenvalue weighted by atomic mass is 16.5. The van der Waals surface area contributed by atoms with Crippen molar-refractivity contribution < 1.29 is 14.6 Å². The Bertz CT molecular complexity index is 204. The molecule has 1 N–H and O–H groups in total. The summed E-state index contributed by atoms with van der Waals surface area (Å²) >= 11 is 0. The lowest BCUT2D eigenvalue weighted by Crippen LogP contribution is -2.36. The number of hydrogen-bond acceptors (Lipinski definition) is 3. The van der Waals surface area contributed by atoms with Gasteiger partial charge in [0.25, 0.3) is 0 Å². The van der Waals surface area contributed by atoms with E-state index in [1.165, 1.54) is 20.0 Å². The Labute approximate surface area is 91.2 Å². The number of rotatable bonds is 7. The van der Waals surface area contributed by atoms with Crippen LogP contribution in [-0.4, -0.2) is 49.3 Å². The first kappa shape index (κ1) is 12.5. The normalized spacial score (nSPS) is 17.5. The largest absolute Gasteiger partial charge is 0.389 e. The second-order valence-electron chi connectivity index (χ2n) is 4.37. The Morgan fingerprint density at radius 1 is 1.60 bits per heavy atom. The smallest absolute Gasteiger partial charge is 0.222 e. The molecule has 4 nitrogen and oxygen atoms in total. The zero-order valence-corrected chi connectivity index (χ0v) is 9.61. The van der Waals surface area contributed by atoms with Gasteiger partial charge in [0.15, 0.2) is 0 Å². The van der Waals surface area contributed by atoms with Crippen LogP contribution in [0.25, 0.3) is 0 Å². The average molecular weight is 215 g/mol. The van der Waals surface area contributed by atoms with Crippen LogP contribution in [0, 0.1) is 5.92 Å². The van der Waals surface area contributed by atoms with E-state index < -0.39 is 6.10 Å². The van der Waals surface area contributed by atoms with Crippen molar-refractivity contribution in [1.29, 1.82) is 0 Å². The molecule has 4 heteroatoms. The monoisotopic (exact) mass is 215 g/mol. The second kappa shape index (κ2) is 6.08.